The van der Waals surface area contributed by atoms with Gasteiger partial charge in [-0.15, -0.1) is 0 Å². The van der Waals surface area contributed by atoms with Gasteiger partial charge in [-0.1, -0.05) is 15.9 Å². The molecule has 15 heavy (non-hydrogen) atoms. The highest BCUT2D eigenvalue weighted by atomic mass is 79.9. The molecule has 0 aliphatic carbocycles. The number of nitrogens with zero attached hydrogens (tertiary/aromatic N) is 1. The Morgan fingerprint density at radius 1 is 1.53 bits per heavy atom. The molecule has 0 unspecified atom stereocenters. The Kier molecular flexibility index (Phi) is 3.70. The van der Waals surface area contributed by atoms with E-state index in [0.717, 1.165) is 4.47 Å². The van der Waals surface area contributed by atoms with Gasteiger partial charge >= 0.3 is 0 Å². The van der Waals surface area contributed by atoms with Crippen LogP contribution in [-0.4, -0.2) is 6.54 Å². The van der Waals surface area contributed by atoms with Gasteiger partial charge in [0, 0.05) is 11.0 Å². The Labute approximate surface area is 97.2 Å². The van der Waals surface area contributed by atoms with E-state index in [9.17, 15) is 4.39 Å². The van der Waals surface area contributed by atoms with Crippen molar-refractivity contribution in [3.63, 3.8) is 0 Å². The van der Waals surface area contributed by atoms with Crippen LogP contribution in [0.5, 0.6) is 0 Å². The number of hydrogen-bond donors (Lipinski definition) is 1. The topological polar surface area (TPSA) is 35.8 Å². The van der Waals surface area contributed by atoms with Crippen LogP contribution in [0, 0.1) is 22.6 Å². The van der Waals surface area contributed by atoms with Crippen LogP contribution in [-0.2, 0) is 0 Å². The minimum atomic E-state index is -0.505. The molecule has 0 amide bonds. The van der Waals surface area contributed by atoms with Crippen molar-refractivity contribution in [2.45, 2.75) is 13.8 Å². The number of rotatable bonds is 3. The van der Waals surface area contributed by atoms with Gasteiger partial charge in [-0.3, -0.25) is 0 Å². The van der Waals surface area contributed by atoms with Crippen LogP contribution in [0.1, 0.15) is 13.8 Å². The van der Waals surface area contributed by atoms with Crippen LogP contribution in [0.15, 0.2) is 22.7 Å². The zero-order valence-electron chi connectivity index (χ0n) is 8.64. The normalized spacial score (nSPS) is 10.9. The summed E-state index contributed by atoms with van der Waals surface area (Å²) in [5.41, 5.74) is -0.0953. The van der Waals surface area contributed by atoms with Gasteiger partial charge in [0.2, 0.25) is 0 Å². The molecular weight excluding hydrogens is 259 g/mol. The highest BCUT2D eigenvalue weighted by molar-refractivity contribution is 9.10. The van der Waals surface area contributed by atoms with Crippen molar-refractivity contribution in [2.24, 2.45) is 5.41 Å². The maximum Gasteiger partial charge on any atom is 0.146 e. The molecule has 0 spiro atoms. The van der Waals surface area contributed by atoms with Crippen molar-refractivity contribution in [3.8, 4) is 6.07 Å². The summed E-state index contributed by atoms with van der Waals surface area (Å²) in [6, 6.07) is 6.82. The molecule has 1 rings (SSSR count). The van der Waals surface area contributed by atoms with Crippen molar-refractivity contribution >= 4 is 21.6 Å². The summed E-state index contributed by atoms with van der Waals surface area (Å²) in [5.74, 6) is -0.313. The van der Waals surface area contributed by atoms with Gasteiger partial charge in [-0.05, 0) is 32.0 Å². The molecule has 4 heteroatoms. The Balaban J connectivity index is 2.74. The van der Waals surface area contributed by atoms with Gasteiger partial charge in [0.15, 0.2) is 0 Å². The molecule has 0 saturated heterocycles. The molecule has 0 aromatic heterocycles. The molecule has 0 aliphatic rings. The second kappa shape index (κ2) is 4.63. The first kappa shape index (κ1) is 12.0. The number of anilines is 1. The molecule has 0 radical (unpaired) electrons. The number of nitriles is 1. The van der Waals surface area contributed by atoms with E-state index in [1.54, 1.807) is 26.0 Å². The number of nitrogens with one attached hydrogen (secondary N) is 1. The van der Waals surface area contributed by atoms with Crippen molar-refractivity contribution < 1.29 is 4.39 Å². The second-order valence-electron chi connectivity index (χ2n) is 3.97. The first-order valence-electron chi connectivity index (χ1n) is 4.55. The zero-order valence-corrected chi connectivity index (χ0v) is 10.2. The first-order valence-corrected chi connectivity index (χ1v) is 5.34. The van der Waals surface area contributed by atoms with Crippen molar-refractivity contribution in [1.29, 1.82) is 5.26 Å². The maximum atomic E-state index is 13.3. The van der Waals surface area contributed by atoms with Crippen LogP contribution < -0.4 is 5.32 Å². The summed E-state index contributed by atoms with van der Waals surface area (Å²) in [4.78, 5) is 0. The molecule has 1 aromatic carbocycles. The largest absolute Gasteiger partial charge is 0.381 e. The fourth-order valence-corrected chi connectivity index (χ4v) is 1.35. The number of halogens is 2. The standard InChI is InChI=1S/C11H12BrFN2/c1-11(2,6-14)7-15-10-5-8(12)3-4-9(10)13/h3-5,15H,7H2,1-2H3. The van der Waals surface area contributed by atoms with Crippen LogP contribution >= 0.6 is 15.9 Å². The molecule has 80 valence electrons. The van der Waals surface area contributed by atoms with E-state index in [4.69, 9.17) is 5.26 Å². The predicted octanol–water partition coefficient (Wildman–Crippen LogP) is 3.55. The van der Waals surface area contributed by atoms with Gasteiger partial charge in [-0.25, -0.2) is 4.39 Å². The van der Waals surface area contributed by atoms with Crippen LogP contribution in [0.4, 0.5) is 10.1 Å². The van der Waals surface area contributed by atoms with Crippen molar-refractivity contribution in [1.82, 2.24) is 0 Å². The third-order valence-corrected chi connectivity index (χ3v) is 2.45. The predicted molar refractivity (Wildman–Crippen MR) is 62.0 cm³/mol. The zero-order chi connectivity index (χ0) is 11.5. The average Bonchev–Trinajstić information content (AvgIpc) is 2.20. The van der Waals surface area contributed by atoms with Crippen LogP contribution in [0.25, 0.3) is 0 Å². The molecule has 1 aromatic rings. The van der Waals surface area contributed by atoms with Crippen molar-refractivity contribution in [3.05, 3.63) is 28.5 Å². The molecule has 1 N–H and O–H groups in total. The smallest absolute Gasteiger partial charge is 0.146 e. The fourth-order valence-electron chi connectivity index (χ4n) is 0.989. The van der Waals surface area contributed by atoms with Gasteiger partial charge in [0.1, 0.15) is 5.82 Å². The third-order valence-electron chi connectivity index (χ3n) is 1.95. The summed E-state index contributed by atoms with van der Waals surface area (Å²) >= 11 is 3.26. The average molecular weight is 271 g/mol. The lowest BCUT2D eigenvalue weighted by Crippen LogP contribution is -2.21. The minimum absolute atomic E-state index is 0.313. The number of hydrogen-bond acceptors (Lipinski definition) is 2. The molecule has 0 fully saturated rings. The summed E-state index contributed by atoms with van der Waals surface area (Å²) in [6.07, 6.45) is 0. The van der Waals surface area contributed by atoms with E-state index in [0.29, 0.717) is 12.2 Å². The van der Waals surface area contributed by atoms with E-state index in [1.807, 2.05) is 0 Å². The molecule has 2 nitrogen and oxygen atoms in total. The lowest BCUT2D eigenvalue weighted by molar-refractivity contribution is 0.526. The second-order valence-corrected chi connectivity index (χ2v) is 4.89. The molecule has 0 aliphatic heterocycles. The third kappa shape index (κ3) is 3.52. The molecule has 0 bridgehead atoms. The Morgan fingerprint density at radius 3 is 2.80 bits per heavy atom. The summed E-state index contributed by atoms with van der Waals surface area (Å²) < 4.78 is 14.1. The van der Waals surface area contributed by atoms with Gasteiger partial charge < -0.3 is 5.32 Å². The minimum Gasteiger partial charge on any atom is -0.381 e. The highest BCUT2D eigenvalue weighted by Crippen LogP contribution is 2.22. The van der Waals surface area contributed by atoms with E-state index >= 15 is 0 Å². The van der Waals surface area contributed by atoms with Crippen LogP contribution in [0.2, 0.25) is 0 Å². The van der Waals surface area contributed by atoms with Crippen molar-refractivity contribution in [2.75, 3.05) is 11.9 Å². The Bertz CT molecular complexity index is 396. The monoisotopic (exact) mass is 270 g/mol. The Morgan fingerprint density at radius 2 is 2.20 bits per heavy atom. The molecule has 0 atom stereocenters. The molecular formula is C11H12BrFN2. The maximum absolute atomic E-state index is 13.3. The van der Waals surface area contributed by atoms with Gasteiger partial charge in [0.05, 0.1) is 17.2 Å². The summed E-state index contributed by atoms with van der Waals surface area (Å²) in [5, 5.41) is 11.7. The van der Waals surface area contributed by atoms with E-state index in [2.05, 4.69) is 27.3 Å². The Hall–Kier alpha value is -1.08. The summed E-state index contributed by atoms with van der Waals surface area (Å²) in [6.45, 7) is 4.02. The first-order chi connectivity index (χ1) is 6.94. The van der Waals surface area contributed by atoms with Gasteiger partial charge in [0.25, 0.3) is 0 Å². The summed E-state index contributed by atoms with van der Waals surface area (Å²) in [7, 11) is 0. The van der Waals surface area contributed by atoms with E-state index in [-0.39, 0.29) is 5.82 Å². The van der Waals surface area contributed by atoms with E-state index < -0.39 is 5.41 Å². The SMILES string of the molecule is CC(C)(C#N)CNc1cc(Br)ccc1F. The lowest BCUT2D eigenvalue weighted by atomic mass is 9.96. The lowest BCUT2D eigenvalue weighted by Gasteiger charge is -2.17. The number of benzene rings is 1. The highest BCUT2D eigenvalue weighted by Gasteiger charge is 2.16. The van der Waals surface area contributed by atoms with Crippen LogP contribution in [0.3, 0.4) is 0 Å². The molecule has 0 saturated carbocycles. The molecule has 0 heterocycles. The quantitative estimate of drug-likeness (QED) is 0.912. The van der Waals surface area contributed by atoms with Gasteiger partial charge in [-0.2, -0.15) is 5.26 Å². The fraction of sp³-hybridized carbons (Fsp3) is 0.364. The van der Waals surface area contributed by atoms with E-state index in [1.165, 1.54) is 6.07 Å².